The van der Waals surface area contributed by atoms with Gasteiger partial charge >= 0.3 is 0 Å². The van der Waals surface area contributed by atoms with E-state index in [1.54, 1.807) is 0 Å². The predicted octanol–water partition coefficient (Wildman–Crippen LogP) is 4.47. The van der Waals surface area contributed by atoms with Crippen molar-refractivity contribution in [3.63, 3.8) is 0 Å². The maximum atomic E-state index is 10.6. The molecule has 20 heavy (non-hydrogen) atoms. The predicted molar refractivity (Wildman–Crippen MR) is 82.4 cm³/mol. The lowest BCUT2D eigenvalue weighted by atomic mass is 9.78. The summed E-state index contributed by atoms with van der Waals surface area (Å²) in [6, 6.07) is 20.6. The first kappa shape index (κ1) is 13.1. The molecule has 0 spiro atoms. The van der Waals surface area contributed by atoms with Gasteiger partial charge in [-0.3, -0.25) is 0 Å². The van der Waals surface area contributed by atoms with E-state index < -0.39 is 6.10 Å². The normalized spacial score (nSPS) is 23.4. The smallest absolute Gasteiger partial charge is 0.0852 e. The number of rotatable bonds is 3. The van der Waals surface area contributed by atoms with Crippen LogP contribution in [0.25, 0.3) is 0 Å². The van der Waals surface area contributed by atoms with Crippen LogP contribution in [0.2, 0.25) is 0 Å². The number of allylic oxidation sites excluding steroid dienone is 1. The molecule has 102 valence electrons. The van der Waals surface area contributed by atoms with E-state index in [-0.39, 0.29) is 5.92 Å². The van der Waals surface area contributed by atoms with Crippen molar-refractivity contribution < 1.29 is 5.11 Å². The van der Waals surface area contributed by atoms with Crippen LogP contribution in [0.1, 0.15) is 36.0 Å². The Morgan fingerprint density at radius 1 is 0.900 bits per heavy atom. The van der Waals surface area contributed by atoms with E-state index in [1.165, 1.54) is 5.56 Å². The third kappa shape index (κ3) is 2.83. The minimum Gasteiger partial charge on any atom is -0.388 e. The van der Waals surface area contributed by atoms with Crippen LogP contribution >= 0.6 is 0 Å². The average Bonchev–Trinajstić information content (AvgIpc) is 2.56. The zero-order valence-electron chi connectivity index (χ0n) is 11.5. The Balaban J connectivity index is 1.76. The molecule has 0 saturated carbocycles. The average molecular weight is 264 g/mol. The molecule has 0 saturated heterocycles. The molecule has 0 unspecified atom stereocenters. The molecule has 1 aliphatic rings. The lowest BCUT2D eigenvalue weighted by molar-refractivity contribution is 0.120. The summed E-state index contributed by atoms with van der Waals surface area (Å²) in [6.07, 6.45) is 6.08. The Labute approximate surface area is 120 Å². The largest absolute Gasteiger partial charge is 0.388 e. The Morgan fingerprint density at radius 3 is 2.25 bits per heavy atom. The molecular weight excluding hydrogens is 244 g/mol. The third-order valence-electron chi connectivity index (χ3n) is 4.18. The molecule has 3 atom stereocenters. The minimum absolute atomic E-state index is 0.205. The van der Waals surface area contributed by atoms with Gasteiger partial charge in [-0.25, -0.2) is 0 Å². The molecule has 0 amide bonds. The van der Waals surface area contributed by atoms with Crippen LogP contribution < -0.4 is 0 Å². The molecule has 0 bridgehead atoms. The Hall–Kier alpha value is -1.86. The highest BCUT2D eigenvalue weighted by Crippen LogP contribution is 2.37. The fourth-order valence-electron chi connectivity index (χ4n) is 3.05. The first-order valence-corrected chi connectivity index (χ1v) is 7.29. The molecule has 2 aromatic rings. The highest BCUT2D eigenvalue weighted by molar-refractivity contribution is 5.25. The Kier molecular flexibility index (Phi) is 3.98. The zero-order chi connectivity index (χ0) is 13.8. The molecule has 0 radical (unpaired) electrons. The second-order valence-electron chi connectivity index (χ2n) is 5.53. The molecule has 1 aliphatic carbocycles. The van der Waals surface area contributed by atoms with E-state index in [0.29, 0.717) is 5.92 Å². The van der Waals surface area contributed by atoms with E-state index in [4.69, 9.17) is 0 Å². The van der Waals surface area contributed by atoms with Gasteiger partial charge in [0.05, 0.1) is 6.10 Å². The fourth-order valence-corrected chi connectivity index (χ4v) is 3.05. The van der Waals surface area contributed by atoms with Crippen LogP contribution in [0, 0.1) is 5.92 Å². The van der Waals surface area contributed by atoms with Crippen LogP contribution in [-0.4, -0.2) is 5.11 Å². The quantitative estimate of drug-likeness (QED) is 0.811. The van der Waals surface area contributed by atoms with Crippen molar-refractivity contribution >= 4 is 0 Å². The SMILES string of the molecule is O[C@@H](c1ccccc1)[C@@H]1C=CC[C@@H](c2ccccc2)C1. The number of benzene rings is 2. The van der Waals surface area contributed by atoms with Gasteiger partial charge in [0.1, 0.15) is 0 Å². The summed E-state index contributed by atoms with van der Waals surface area (Å²) in [7, 11) is 0. The van der Waals surface area contributed by atoms with Gasteiger partial charge in [-0.1, -0.05) is 72.8 Å². The standard InChI is InChI=1S/C19H20O/c20-19(16-10-5-2-6-11-16)18-13-7-12-17(14-18)15-8-3-1-4-9-15/h1-11,13,17-20H,12,14H2/t17-,18-,19+/m1/s1. The summed E-state index contributed by atoms with van der Waals surface area (Å²) >= 11 is 0. The highest BCUT2D eigenvalue weighted by Gasteiger charge is 2.25. The van der Waals surface area contributed by atoms with E-state index in [9.17, 15) is 5.11 Å². The summed E-state index contributed by atoms with van der Waals surface area (Å²) in [5, 5.41) is 10.6. The first-order chi connectivity index (χ1) is 9.84. The first-order valence-electron chi connectivity index (χ1n) is 7.29. The van der Waals surface area contributed by atoms with Crippen molar-refractivity contribution in [1.29, 1.82) is 0 Å². The van der Waals surface area contributed by atoms with Gasteiger partial charge in [-0.15, -0.1) is 0 Å². The molecule has 0 heterocycles. The van der Waals surface area contributed by atoms with Gasteiger partial charge in [0.15, 0.2) is 0 Å². The maximum Gasteiger partial charge on any atom is 0.0852 e. The van der Waals surface area contributed by atoms with E-state index in [1.807, 2.05) is 30.3 Å². The fraction of sp³-hybridized carbons (Fsp3) is 0.263. The molecule has 1 nitrogen and oxygen atoms in total. The molecule has 2 aromatic carbocycles. The summed E-state index contributed by atoms with van der Waals surface area (Å²) in [6.45, 7) is 0. The number of hydrogen-bond acceptors (Lipinski definition) is 1. The topological polar surface area (TPSA) is 20.2 Å². The van der Waals surface area contributed by atoms with Gasteiger partial charge in [-0.2, -0.15) is 0 Å². The van der Waals surface area contributed by atoms with Gasteiger partial charge in [0.2, 0.25) is 0 Å². The second kappa shape index (κ2) is 6.06. The molecule has 0 aliphatic heterocycles. The number of aliphatic hydroxyl groups is 1. The number of hydrogen-bond donors (Lipinski definition) is 1. The summed E-state index contributed by atoms with van der Waals surface area (Å²) in [5.41, 5.74) is 2.39. The zero-order valence-corrected chi connectivity index (χ0v) is 11.5. The highest BCUT2D eigenvalue weighted by atomic mass is 16.3. The summed E-state index contributed by atoms with van der Waals surface area (Å²) < 4.78 is 0. The lowest BCUT2D eigenvalue weighted by Crippen LogP contribution is -2.17. The van der Waals surface area contributed by atoms with Crippen molar-refractivity contribution in [3.05, 3.63) is 83.9 Å². The Bertz CT molecular complexity index is 559. The van der Waals surface area contributed by atoms with Gasteiger partial charge in [-0.05, 0) is 29.9 Å². The third-order valence-corrected chi connectivity index (χ3v) is 4.18. The van der Waals surface area contributed by atoms with Crippen molar-refractivity contribution in [3.8, 4) is 0 Å². The van der Waals surface area contributed by atoms with Crippen molar-refractivity contribution in [2.24, 2.45) is 5.92 Å². The molecule has 1 N–H and O–H groups in total. The van der Waals surface area contributed by atoms with Crippen molar-refractivity contribution in [1.82, 2.24) is 0 Å². The Morgan fingerprint density at radius 2 is 1.55 bits per heavy atom. The molecular formula is C19H20O. The molecule has 0 fully saturated rings. The van der Waals surface area contributed by atoms with Gasteiger partial charge in [0, 0.05) is 5.92 Å². The summed E-state index contributed by atoms with van der Waals surface area (Å²) in [4.78, 5) is 0. The van der Waals surface area contributed by atoms with Crippen LogP contribution in [-0.2, 0) is 0 Å². The van der Waals surface area contributed by atoms with Crippen LogP contribution in [0.5, 0.6) is 0 Å². The van der Waals surface area contributed by atoms with E-state index in [2.05, 4.69) is 42.5 Å². The molecule has 0 aromatic heterocycles. The van der Waals surface area contributed by atoms with Crippen LogP contribution in [0.3, 0.4) is 0 Å². The van der Waals surface area contributed by atoms with Crippen molar-refractivity contribution in [2.45, 2.75) is 24.9 Å². The molecule has 3 rings (SSSR count). The van der Waals surface area contributed by atoms with Crippen LogP contribution in [0.4, 0.5) is 0 Å². The maximum absolute atomic E-state index is 10.6. The summed E-state index contributed by atoms with van der Waals surface area (Å²) in [5.74, 6) is 0.723. The molecule has 1 heteroatoms. The second-order valence-corrected chi connectivity index (χ2v) is 5.53. The van der Waals surface area contributed by atoms with E-state index >= 15 is 0 Å². The van der Waals surface area contributed by atoms with Gasteiger partial charge in [0.25, 0.3) is 0 Å². The van der Waals surface area contributed by atoms with Crippen LogP contribution in [0.15, 0.2) is 72.8 Å². The van der Waals surface area contributed by atoms with E-state index in [0.717, 1.165) is 18.4 Å². The number of aliphatic hydroxyl groups excluding tert-OH is 1. The van der Waals surface area contributed by atoms with Crippen molar-refractivity contribution in [2.75, 3.05) is 0 Å². The van der Waals surface area contributed by atoms with Gasteiger partial charge < -0.3 is 5.11 Å². The minimum atomic E-state index is -0.404. The lowest BCUT2D eigenvalue weighted by Gasteiger charge is -2.28. The monoisotopic (exact) mass is 264 g/mol.